The zero-order valence-electron chi connectivity index (χ0n) is 9.41. The Morgan fingerprint density at radius 1 is 1.39 bits per heavy atom. The summed E-state index contributed by atoms with van der Waals surface area (Å²) in [6.07, 6.45) is 0.360. The van der Waals surface area contributed by atoms with Crippen molar-refractivity contribution in [3.63, 3.8) is 0 Å². The van der Waals surface area contributed by atoms with Gasteiger partial charge < -0.3 is 5.11 Å². The van der Waals surface area contributed by atoms with Crippen LogP contribution in [0, 0.1) is 5.92 Å². The second-order valence-corrected chi connectivity index (χ2v) is 6.88. The third kappa shape index (κ3) is 2.43. The molecule has 0 aliphatic carbocycles. The SMILES string of the molecule is O=C(O)C1CCN(S(=O)(=O)c2ccccc2Br)C1. The number of hydrogen-bond donors (Lipinski definition) is 1. The lowest BCUT2D eigenvalue weighted by molar-refractivity contribution is -0.141. The molecule has 0 spiro atoms. The Morgan fingerprint density at radius 2 is 2.06 bits per heavy atom. The molecular weight excluding hydrogens is 322 g/mol. The molecule has 0 radical (unpaired) electrons. The summed E-state index contributed by atoms with van der Waals surface area (Å²) >= 11 is 3.20. The van der Waals surface area contributed by atoms with Crippen molar-refractivity contribution in [3.05, 3.63) is 28.7 Å². The Balaban J connectivity index is 2.29. The van der Waals surface area contributed by atoms with Gasteiger partial charge in [0, 0.05) is 17.6 Å². The fraction of sp³-hybridized carbons (Fsp3) is 0.364. The fourth-order valence-electron chi connectivity index (χ4n) is 1.94. The van der Waals surface area contributed by atoms with Crippen molar-refractivity contribution >= 4 is 31.9 Å². The lowest BCUT2D eigenvalue weighted by atomic mass is 10.1. The molecule has 7 heteroatoms. The maximum atomic E-state index is 12.3. The first-order valence-corrected chi connectivity index (χ1v) is 7.63. The minimum absolute atomic E-state index is 0.0407. The summed E-state index contributed by atoms with van der Waals surface area (Å²) in [5.41, 5.74) is 0. The van der Waals surface area contributed by atoms with Crippen molar-refractivity contribution in [3.8, 4) is 0 Å². The first-order chi connectivity index (χ1) is 8.43. The van der Waals surface area contributed by atoms with E-state index >= 15 is 0 Å². The number of carboxylic acids is 1. The standard InChI is InChI=1S/C11H12BrNO4S/c12-9-3-1-2-4-10(9)18(16,17)13-6-5-8(7-13)11(14)15/h1-4,8H,5-7H2,(H,14,15). The van der Waals surface area contributed by atoms with E-state index in [-0.39, 0.29) is 18.0 Å². The normalized spacial score (nSPS) is 21.1. The molecule has 1 aliphatic heterocycles. The molecule has 1 aromatic carbocycles. The number of carboxylic acid groups (broad SMARTS) is 1. The van der Waals surface area contributed by atoms with Crippen LogP contribution in [0.25, 0.3) is 0 Å². The molecule has 1 aliphatic rings. The third-order valence-electron chi connectivity index (χ3n) is 2.95. The smallest absolute Gasteiger partial charge is 0.307 e. The van der Waals surface area contributed by atoms with E-state index in [1.807, 2.05) is 0 Å². The number of rotatable bonds is 3. The van der Waals surface area contributed by atoms with Crippen LogP contribution < -0.4 is 0 Å². The molecule has 2 rings (SSSR count). The Morgan fingerprint density at radius 3 is 2.61 bits per heavy atom. The highest BCUT2D eigenvalue weighted by molar-refractivity contribution is 9.10. The van der Waals surface area contributed by atoms with Crippen LogP contribution in [-0.2, 0) is 14.8 Å². The Hall–Kier alpha value is -0.920. The molecule has 1 N–H and O–H groups in total. The van der Waals surface area contributed by atoms with Crippen molar-refractivity contribution in [2.24, 2.45) is 5.92 Å². The predicted octanol–water partition coefficient (Wildman–Crippen LogP) is 1.54. The third-order valence-corrected chi connectivity index (χ3v) is 5.83. The number of hydrogen-bond acceptors (Lipinski definition) is 3. The number of benzene rings is 1. The van der Waals surface area contributed by atoms with Gasteiger partial charge in [0.2, 0.25) is 10.0 Å². The van der Waals surface area contributed by atoms with Crippen LogP contribution in [0.15, 0.2) is 33.6 Å². The van der Waals surface area contributed by atoms with Crippen molar-refractivity contribution < 1.29 is 18.3 Å². The largest absolute Gasteiger partial charge is 0.481 e. The molecule has 1 heterocycles. The molecule has 0 saturated carbocycles. The highest BCUT2D eigenvalue weighted by atomic mass is 79.9. The van der Waals surface area contributed by atoms with Crippen molar-refractivity contribution in [1.29, 1.82) is 0 Å². The van der Waals surface area contributed by atoms with Gasteiger partial charge in [0.05, 0.1) is 10.8 Å². The second-order valence-electron chi connectivity index (χ2n) is 4.12. The van der Waals surface area contributed by atoms with Gasteiger partial charge in [0.15, 0.2) is 0 Å². The van der Waals surface area contributed by atoms with E-state index < -0.39 is 21.9 Å². The molecule has 1 unspecified atom stereocenters. The van der Waals surface area contributed by atoms with Crippen LogP contribution in [0.3, 0.4) is 0 Å². The zero-order valence-corrected chi connectivity index (χ0v) is 11.8. The summed E-state index contributed by atoms with van der Waals surface area (Å²) in [5, 5.41) is 8.89. The van der Waals surface area contributed by atoms with Crippen molar-refractivity contribution in [1.82, 2.24) is 4.31 Å². The highest BCUT2D eigenvalue weighted by Gasteiger charge is 2.36. The van der Waals surface area contributed by atoms with Crippen LogP contribution in [0.4, 0.5) is 0 Å². The molecule has 0 amide bonds. The van der Waals surface area contributed by atoms with Crippen molar-refractivity contribution in [2.45, 2.75) is 11.3 Å². The lowest BCUT2D eigenvalue weighted by Crippen LogP contribution is -2.30. The highest BCUT2D eigenvalue weighted by Crippen LogP contribution is 2.28. The average Bonchev–Trinajstić information content (AvgIpc) is 2.79. The van der Waals surface area contributed by atoms with E-state index in [4.69, 9.17) is 5.11 Å². The van der Waals surface area contributed by atoms with E-state index in [2.05, 4.69) is 15.9 Å². The number of halogens is 1. The molecule has 0 bridgehead atoms. The molecule has 5 nitrogen and oxygen atoms in total. The fourth-order valence-corrected chi connectivity index (χ4v) is 4.40. The molecule has 0 aromatic heterocycles. The van der Waals surface area contributed by atoms with Gasteiger partial charge in [-0.15, -0.1) is 0 Å². The molecular formula is C11H12BrNO4S. The van der Waals surface area contributed by atoms with Gasteiger partial charge in [-0.2, -0.15) is 4.31 Å². The van der Waals surface area contributed by atoms with Crippen LogP contribution in [0.5, 0.6) is 0 Å². The summed E-state index contributed by atoms with van der Waals surface area (Å²) in [5.74, 6) is -1.55. The van der Waals surface area contributed by atoms with Gasteiger partial charge in [0.1, 0.15) is 0 Å². The van der Waals surface area contributed by atoms with Crippen molar-refractivity contribution in [2.75, 3.05) is 13.1 Å². The lowest BCUT2D eigenvalue weighted by Gasteiger charge is -2.16. The minimum atomic E-state index is -3.61. The first-order valence-electron chi connectivity index (χ1n) is 5.40. The van der Waals surface area contributed by atoms with Gasteiger partial charge in [-0.1, -0.05) is 12.1 Å². The number of sulfonamides is 1. The van der Waals surface area contributed by atoms with Crippen LogP contribution >= 0.6 is 15.9 Å². The minimum Gasteiger partial charge on any atom is -0.481 e. The molecule has 1 aromatic rings. The van der Waals surface area contributed by atoms with Gasteiger partial charge in [-0.25, -0.2) is 8.42 Å². The van der Waals surface area contributed by atoms with E-state index in [1.54, 1.807) is 18.2 Å². The van der Waals surface area contributed by atoms with Gasteiger partial charge >= 0.3 is 5.97 Å². The maximum Gasteiger partial charge on any atom is 0.307 e. The van der Waals surface area contributed by atoms with E-state index in [0.717, 1.165) is 0 Å². The summed E-state index contributed by atoms with van der Waals surface area (Å²) in [4.78, 5) is 11.0. The number of carbonyl (C=O) groups is 1. The second kappa shape index (κ2) is 4.99. The Kier molecular flexibility index (Phi) is 3.74. The average molecular weight is 334 g/mol. The van der Waals surface area contributed by atoms with Gasteiger partial charge in [-0.05, 0) is 34.5 Å². The quantitative estimate of drug-likeness (QED) is 0.910. The summed E-state index contributed by atoms with van der Waals surface area (Å²) in [6, 6.07) is 6.53. The van der Waals surface area contributed by atoms with Gasteiger partial charge in [-0.3, -0.25) is 4.79 Å². The van der Waals surface area contributed by atoms with Crippen LogP contribution in [0.2, 0.25) is 0 Å². The molecule has 1 atom stereocenters. The molecule has 98 valence electrons. The zero-order chi connectivity index (χ0) is 13.3. The molecule has 1 saturated heterocycles. The van der Waals surface area contributed by atoms with Crippen LogP contribution in [0.1, 0.15) is 6.42 Å². The Bertz CT molecular complexity index is 572. The first kappa shape index (κ1) is 13.5. The summed E-state index contributed by atoms with van der Waals surface area (Å²) < 4.78 is 26.4. The van der Waals surface area contributed by atoms with E-state index in [0.29, 0.717) is 10.9 Å². The molecule has 18 heavy (non-hydrogen) atoms. The van der Waals surface area contributed by atoms with Gasteiger partial charge in [0.25, 0.3) is 0 Å². The Labute approximate surface area is 114 Å². The van der Waals surface area contributed by atoms with E-state index in [9.17, 15) is 13.2 Å². The monoisotopic (exact) mass is 333 g/mol. The maximum absolute atomic E-state index is 12.3. The van der Waals surface area contributed by atoms with Crippen LogP contribution in [-0.4, -0.2) is 36.9 Å². The topological polar surface area (TPSA) is 74.7 Å². The number of nitrogens with zero attached hydrogens (tertiary/aromatic N) is 1. The summed E-state index contributed by atoms with van der Waals surface area (Å²) in [7, 11) is -3.61. The molecule has 1 fully saturated rings. The van der Waals surface area contributed by atoms with E-state index in [1.165, 1.54) is 10.4 Å². The summed E-state index contributed by atoms with van der Waals surface area (Å²) in [6.45, 7) is 0.291. The predicted molar refractivity (Wildman–Crippen MR) is 68.6 cm³/mol. The number of aliphatic carboxylic acids is 1.